The molecule has 0 saturated heterocycles. The molecular formula is C16H21N3O2. The fourth-order valence-electron chi connectivity index (χ4n) is 2.26. The molecule has 2 aromatic rings. The van der Waals surface area contributed by atoms with E-state index in [1.807, 2.05) is 35.8 Å². The highest BCUT2D eigenvalue weighted by Gasteiger charge is 2.25. The predicted octanol–water partition coefficient (Wildman–Crippen LogP) is 2.93. The number of aryl methyl sites for hydroxylation is 2. The second-order valence-electron chi connectivity index (χ2n) is 4.93. The first-order valence-electron chi connectivity index (χ1n) is 7.07. The number of ether oxygens (including phenoxy) is 1. The summed E-state index contributed by atoms with van der Waals surface area (Å²) in [5.41, 5.74) is 2.80. The van der Waals surface area contributed by atoms with Crippen LogP contribution in [0.3, 0.4) is 0 Å². The fourth-order valence-corrected chi connectivity index (χ4v) is 2.26. The van der Waals surface area contributed by atoms with Gasteiger partial charge in [-0.1, -0.05) is 25.1 Å². The van der Waals surface area contributed by atoms with Crippen molar-refractivity contribution >= 4 is 11.7 Å². The molecule has 0 saturated carbocycles. The number of nitrogens with zero attached hydrogens (tertiary/aromatic N) is 2. The lowest BCUT2D eigenvalue weighted by atomic mass is 10.1. The molecule has 0 amide bonds. The van der Waals surface area contributed by atoms with Crippen molar-refractivity contribution in [2.75, 3.05) is 12.4 Å². The van der Waals surface area contributed by atoms with E-state index < -0.39 is 6.04 Å². The molecule has 1 atom stereocenters. The van der Waals surface area contributed by atoms with Crippen LogP contribution in [0.5, 0.6) is 0 Å². The molecule has 5 heteroatoms. The van der Waals surface area contributed by atoms with Crippen LogP contribution in [0.2, 0.25) is 0 Å². The van der Waals surface area contributed by atoms with Crippen molar-refractivity contribution in [2.24, 2.45) is 0 Å². The lowest BCUT2D eigenvalue weighted by Gasteiger charge is -2.20. The summed E-state index contributed by atoms with van der Waals surface area (Å²) in [6, 6.07) is 7.29. The Labute approximate surface area is 125 Å². The molecule has 5 nitrogen and oxygen atoms in total. The molecule has 0 spiro atoms. The average Bonchev–Trinajstić information content (AvgIpc) is 2.94. The van der Waals surface area contributed by atoms with Gasteiger partial charge >= 0.3 is 5.97 Å². The van der Waals surface area contributed by atoms with Crippen LogP contribution in [0, 0.1) is 6.92 Å². The Balaban J connectivity index is 2.33. The van der Waals surface area contributed by atoms with Crippen molar-refractivity contribution in [3.63, 3.8) is 0 Å². The van der Waals surface area contributed by atoms with Crippen molar-refractivity contribution < 1.29 is 9.53 Å². The molecule has 2 rings (SSSR count). The molecule has 1 aromatic heterocycles. The number of carbonyl (C=O) groups excluding carboxylic acids is 1. The van der Waals surface area contributed by atoms with E-state index in [9.17, 15) is 4.79 Å². The Morgan fingerprint density at radius 1 is 1.43 bits per heavy atom. The van der Waals surface area contributed by atoms with Gasteiger partial charge in [-0.2, -0.15) is 0 Å². The molecule has 1 unspecified atom stereocenters. The molecule has 0 fully saturated rings. The van der Waals surface area contributed by atoms with Gasteiger partial charge in [0.25, 0.3) is 0 Å². The van der Waals surface area contributed by atoms with Gasteiger partial charge in [0, 0.05) is 12.2 Å². The van der Waals surface area contributed by atoms with Gasteiger partial charge in [0.15, 0.2) is 6.04 Å². The van der Waals surface area contributed by atoms with E-state index in [0.717, 1.165) is 29.9 Å². The van der Waals surface area contributed by atoms with Gasteiger partial charge in [0.05, 0.1) is 25.3 Å². The Bertz CT molecular complexity index is 607. The summed E-state index contributed by atoms with van der Waals surface area (Å²) in [7, 11) is 1.40. The zero-order chi connectivity index (χ0) is 15.2. The van der Waals surface area contributed by atoms with Gasteiger partial charge in [0.2, 0.25) is 0 Å². The van der Waals surface area contributed by atoms with Crippen molar-refractivity contribution in [1.29, 1.82) is 0 Å². The molecule has 0 aliphatic carbocycles. The highest BCUT2D eigenvalue weighted by Crippen LogP contribution is 2.23. The summed E-state index contributed by atoms with van der Waals surface area (Å²) >= 11 is 0. The Morgan fingerprint density at radius 2 is 2.19 bits per heavy atom. The van der Waals surface area contributed by atoms with E-state index in [1.54, 1.807) is 12.5 Å². The van der Waals surface area contributed by atoms with E-state index in [-0.39, 0.29) is 5.97 Å². The SMILES string of the molecule is CCCn1cncc1C(Nc1ccccc1C)C(=O)OC. The lowest BCUT2D eigenvalue weighted by molar-refractivity contribution is -0.141. The molecular weight excluding hydrogens is 266 g/mol. The number of hydrogen-bond donors (Lipinski definition) is 1. The van der Waals surface area contributed by atoms with E-state index in [0.29, 0.717) is 0 Å². The van der Waals surface area contributed by atoms with Gasteiger partial charge < -0.3 is 14.6 Å². The van der Waals surface area contributed by atoms with Crippen LogP contribution in [0.1, 0.15) is 30.6 Å². The monoisotopic (exact) mass is 287 g/mol. The maximum Gasteiger partial charge on any atom is 0.334 e. The van der Waals surface area contributed by atoms with E-state index in [2.05, 4.69) is 17.2 Å². The highest BCUT2D eigenvalue weighted by atomic mass is 16.5. The Morgan fingerprint density at radius 3 is 2.86 bits per heavy atom. The maximum atomic E-state index is 12.2. The highest BCUT2D eigenvalue weighted by molar-refractivity contribution is 5.80. The van der Waals surface area contributed by atoms with Crippen LogP contribution in [0.4, 0.5) is 5.69 Å². The Kier molecular flexibility index (Phi) is 4.98. The van der Waals surface area contributed by atoms with Crippen molar-refractivity contribution in [3.05, 3.63) is 48.0 Å². The molecule has 0 radical (unpaired) electrons. The summed E-state index contributed by atoms with van der Waals surface area (Å²) in [6.07, 6.45) is 4.43. The van der Waals surface area contributed by atoms with Crippen LogP contribution >= 0.6 is 0 Å². The van der Waals surface area contributed by atoms with E-state index >= 15 is 0 Å². The number of methoxy groups -OCH3 is 1. The number of imidazole rings is 1. The van der Waals surface area contributed by atoms with Gasteiger partial charge in [-0.3, -0.25) is 0 Å². The second-order valence-corrected chi connectivity index (χ2v) is 4.93. The van der Waals surface area contributed by atoms with Gasteiger partial charge in [-0.15, -0.1) is 0 Å². The summed E-state index contributed by atoms with van der Waals surface area (Å²) in [4.78, 5) is 16.3. The number of carbonyl (C=O) groups is 1. The first-order chi connectivity index (χ1) is 10.2. The largest absolute Gasteiger partial charge is 0.467 e. The number of rotatable bonds is 6. The minimum atomic E-state index is -0.565. The van der Waals surface area contributed by atoms with Gasteiger partial charge in [0.1, 0.15) is 0 Å². The van der Waals surface area contributed by atoms with Crippen molar-refractivity contribution in [2.45, 2.75) is 32.9 Å². The molecule has 1 heterocycles. The van der Waals surface area contributed by atoms with Gasteiger partial charge in [-0.25, -0.2) is 9.78 Å². The fraction of sp³-hybridized carbons (Fsp3) is 0.375. The second kappa shape index (κ2) is 6.92. The zero-order valence-corrected chi connectivity index (χ0v) is 12.7. The first-order valence-corrected chi connectivity index (χ1v) is 7.07. The smallest absolute Gasteiger partial charge is 0.334 e. The predicted molar refractivity (Wildman–Crippen MR) is 82.1 cm³/mol. The number of nitrogens with one attached hydrogen (secondary N) is 1. The quantitative estimate of drug-likeness (QED) is 0.830. The van der Waals surface area contributed by atoms with Gasteiger partial charge in [-0.05, 0) is 25.0 Å². The minimum absolute atomic E-state index is 0.323. The Hall–Kier alpha value is -2.30. The van der Waals surface area contributed by atoms with Crippen molar-refractivity contribution in [1.82, 2.24) is 9.55 Å². The van der Waals surface area contributed by atoms with Crippen LogP contribution in [0.25, 0.3) is 0 Å². The summed E-state index contributed by atoms with van der Waals surface area (Å²) in [6.45, 7) is 4.91. The van der Waals surface area contributed by atoms with Crippen LogP contribution in [-0.4, -0.2) is 22.6 Å². The number of anilines is 1. The third kappa shape index (κ3) is 3.42. The van der Waals surface area contributed by atoms with Crippen LogP contribution < -0.4 is 5.32 Å². The summed E-state index contributed by atoms with van der Waals surface area (Å²) < 4.78 is 6.92. The maximum absolute atomic E-state index is 12.2. The normalized spacial score (nSPS) is 12.0. The lowest BCUT2D eigenvalue weighted by Crippen LogP contribution is -2.25. The average molecular weight is 287 g/mol. The first kappa shape index (κ1) is 15.1. The minimum Gasteiger partial charge on any atom is -0.467 e. The summed E-state index contributed by atoms with van der Waals surface area (Å²) in [5.74, 6) is -0.323. The number of para-hydroxylation sites is 1. The number of hydrogen-bond acceptors (Lipinski definition) is 4. The standard InChI is InChI=1S/C16H21N3O2/c1-4-9-19-11-17-10-14(19)15(16(20)21-3)18-13-8-6-5-7-12(13)2/h5-8,10-11,15,18H,4,9H2,1-3H3. The molecule has 1 N–H and O–H groups in total. The van der Waals surface area contributed by atoms with Crippen molar-refractivity contribution in [3.8, 4) is 0 Å². The molecule has 0 bridgehead atoms. The molecule has 21 heavy (non-hydrogen) atoms. The van der Waals surface area contributed by atoms with E-state index in [1.165, 1.54) is 7.11 Å². The molecule has 0 aliphatic heterocycles. The third-order valence-corrected chi connectivity index (χ3v) is 3.39. The van der Waals surface area contributed by atoms with E-state index in [4.69, 9.17) is 4.74 Å². The molecule has 1 aromatic carbocycles. The topological polar surface area (TPSA) is 56.2 Å². The zero-order valence-electron chi connectivity index (χ0n) is 12.7. The number of esters is 1. The summed E-state index contributed by atoms with van der Waals surface area (Å²) in [5, 5.41) is 3.26. The molecule has 0 aliphatic rings. The van der Waals surface area contributed by atoms with Crippen LogP contribution in [-0.2, 0) is 16.1 Å². The third-order valence-electron chi connectivity index (χ3n) is 3.39. The van der Waals surface area contributed by atoms with Crippen LogP contribution in [0.15, 0.2) is 36.8 Å². The molecule has 112 valence electrons. The number of aromatic nitrogens is 2. The number of benzene rings is 1.